The van der Waals surface area contributed by atoms with Gasteiger partial charge in [0.05, 0.1) is 6.61 Å². The molecule has 4 unspecified atom stereocenters. The van der Waals surface area contributed by atoms with E-state index < -0.39 is 39.0 Å². The van der Waals surface area contributed by atoms with Crippen molar-refractivity contribution in [1.29, 1.82) is 0 Å². The molecule has 5 N–H and O–H groups in total. The number of rotatable bonds is 4. The Bertz CT molecular complexity index is 816. The molecule has 4 atom stereocenters. The minimum absolute atomic E-state index is 0.289. The maximum Gasteiger partial charge on any atom is 0.469 e. The number of H-pyrrole nitrogens is 1. The summed E-state index contributed by atoms with van der Waals surface area (Å²) in [5, 5.41) is 21.0. The van der Waals surface area contributed by atoms with Crippen LogP contribution in [-0.4, -0.2) is 61.0 Å². The Morgan fingerprint density at radius 2 is 2.17 bits per heavy atom. The number of aromatic amines is 1. The number of phosphoric ester groups is 1. The van der Waals surface area contributed by atoms with E-state index in [0.717, 1.165) is 10.9 Å². The van der Waals surface area contributed by atoms with Crippen molar-refractivity contribution in [3.05, 3.63) is 34.9 Å². The molecule has 10 nitrogen and oxygen atoms in total. The average molecular weight is 359 g/mol. The van der Waals surface area contributed by atoms with E-state index in [-0.39, 0.29) is 5.82 Å². The molecule has 0 saturated carbocycles. The van der Waals surface area contributed by atoms with E-state index in [0.29, 0.717) is 5.49 Å². The van der Waals surface area contributed by atoms with Crippen LogP contribution in [0.1, 0.15) is 5.69 Å². The molecule has 2 aliphatic rings. The highest BCUT2D eigenvalue weighted by Crippen LogP contribution is 2.37. The molecule has 0 aromatic carbocycles. The number of aliphatic hydroxyl groups is 2. The van der Waals surface area contributed by atoms with Gasteiger partial charge in [-0.15, -0.1) is 0 Å². The summed E-state index contributed by atoms with van der Waals surface area (Å²) in [6, 6.07) is 1.85. The van der Waals surface area contributed by atoms with Gasteiger partial charge in [-0.2, -0.15) is 0 Å². The largest absolute Gasteiger partial charge is 0.469 e. The fourth-order valence-corrected chi connectivity index (χ4v) is 3.03. The number of aromatic nitrogens is 1. The molecule has 1 aromatic rings. The van der Waals surface area contributed by atoms with Crippen molar-refractivity contribution in [2.45, 2.75) is 31.5 Å². The minimum Gasteiger partial charge on any atom is -0.387 e. The predicted octanol–water partition coefficient (Wildman–Crippen LogP) is -1.98. The summed E-state index contributed by atoms with van der Waals surface area (Å²) in [5.74, 6) is 0.289. The first-order valence-corrected chi connectivity index (χ1v) is 8.64. The van der Waals surface area contributed by atoms with E-state index in [9.17, 15) is 14.8 Å². The molecule has 3 rings (SSSR count). The zero-order valence-corrected chi connectivity index (χ0v) is 13.6. The Kier molecular flexibility index (Phi) is 4.39. The van der Waals surface area contributed by atoms with Crippen LogP contribution < -0.4 is 10.7 Å². The molecule has 24 heavy (non-hydrogen) atoms. The van der Waals surface area contributed by atoms with Gasteiger partial charge in [0.25, 0.3) is 0 Å². The highest BCUT2D eigenvalue weighted by Gasteiger charge is 2.46. The van der Waals surface area contributed by atoms with E-state index in [4.69, 9.17) is 14.5 Å². The summed E-state index contributed by atoms with van der Waals surface area (Å²) in [4.78, 5) is 26.3. The van der Waals surface area contributed by atoms with Crippen LogP contribution in [0.15, 0.2) is 23.5 Å². The van der Waals surface area contributed by atoms with Gasteiger partial charge in [-0.05, 0) is 13.0 Å². The topological polar surface area (TPSA) is 148 Å². The summed E-state index contributed by atoms with van der Waals surface area (Å²) >= 11 is 0. The molecule has 0 amide bonds. The van der Waals surface area contributed by atoms with Crippen LogP contribution in [0.5, 0.6) is 0 Å². The molecule has 2 aliphatic heterocycles. The molecule has 3 heterocycles. The Labute approximate surface area is 136 Å². The van der Waals surface area contributed by atoms with Gasteiger partial charge in [0, 0.05) is 17.1 Å². The Balaban J connectivity index is 1.81. The van der Waals surface area contributed by atoms with Crippen LogP contribution in [0.2, 0.25) is 0 Å². The number of nitrogens with one attached hydrogen (secondary N) is 1. The van der Waals surface area contributed by atoms with E-state index in [1.165, 1.54) is 4.90 Å². The van der Waals surface area contributed by atoms with Crippen molar-refractivity contribution in [2.24, 2.45) is 4.99 Å². The lowest BCUT2D eigenvalue weighted by atomic mass is 10.1. The van der Waals surface area contributed by atoms with Crippen LogP contribution in [0.3, 0.4) is 0 Å². The van der Waals surface area contributed by atoms with Crippen LogP contribution in [0, 0.1) is 6.92 Å². The lowest BCUT2D eigenvalue weighted by Crippen LogP contribution is -2.44. The summed E-state index contributed by atoms with van der Waals surface area (Å²) in [7, 11) is -4.70. The summed E-state index contributed by atoms with van der Waals surface area (Å²) in [5.41, 5.74) is 1.53. The Morgan fingerprint density at radius 1 is 1.46 bits per heavy atom. The highest BCUT2D eigenvalue weighted by atomic mass is 31.2. The number of hydrogen-bond donors (Lipinski definition) is 5. The number of ether oxygens (including phenoxy) is 1. The first kappa shape index (κ1) is 17.3. The van der Waals surface area contributed by atoms with Crippen molar-refractivity contribution in [1.82, 2.24) is 9.88 Å². The molecule has 0 aliphatic carbocycles. The summed E-state index contributed by atoms with van der Waals surface area (Å²) in [6.45, 7) is 5.10. The van der Waals surface area contributed by atoms with Gasteiger partial charge >= 0.3 is 7.82 Å². The SMILES string of the molecule is C=C1N=c2[nH]c(C)cc2=CN1C1OC(COP(=O)(O)O)C(O)C1O. The van der Waals surface area contributed by atoms with E-state index in [1.54, 1.807) is 6.20 Å². The van der Waals surface area contributed by atoms with Gasteiger partial charge < -0.3 is 34.6 Å². The quantitative estimate of drug-likeness (QED) is 0.389. The number of phosphoric acid groups is 1. The number of hydrogen-bond acceptors (Lipinski definition) is 7. The molecule has 1 saturated heterocycles. The molecular formula is C13H18N3O7P. The number of aliphatic hydroxyl groups excluding tert-OH is 2. The monoisotopic (exact) mass is 359 g/mol. The summed E-state index contributed by atoms with van der Waals surface area (Å²) in [6.07, 6.45) is -3.16. The lowest BCUT2D eigenvalue weighted by molar-refractivity contribution is -0.0633. The van der Waals surface area contributed by atoms with Crippen LogP contribution in [-0.2, 0) is 13.8 Å². The summed E-state index contributed by atoms with van der Waals surface area (Å²) < 4.78 is 20.6. The maximum atomic E-state index is 10.8. The lowest BCUT2D eigenvalue weighted by Gasteiger charge is -2.29. The Morgan fingerprint density at radius 3 is 2.83 bits per heavy atom. The third-order valence-corrected chi connectivity index (χ3v) is 4.28. The molecule has 132 valence electrons. The zero-order chi connectivity index (χ0) is 17.6. The number of nitrogens with zero attached hydrogens (tertiary/aromatic N) is 2. The second-order valence-electron chi connectivity index (χ2n) is 5.65. The van der Waals surface area contributed by atoms with Crippen molar-refractivity contribution in [2.75, 3.05) is 6.61 Å². The predicted molar refractivity (Wildman–Crippen MR) is 80.4 cm³/mol. The molecule has 11 heteroatoms. The highest BCUT2D eigenvalue weighted by molar-refractivity contribution is 7.46. The van der Waals surface area contributed by atoms with Crippen LogP contribution in [0.25, 0.3) is 6.20 Å². The van der Waals surface area contributed by atoms with Crippen LogP contribution >= 0.6 is 7.82 Å². The zero-order valence-electron chi connectivity index (χ0n) is 12.7. The fourth-order valence-electron chi connectivity index (χ4n) is 2.69. The third-order valence-electron chi connectivity index (χ3n) is 3.80. The van der Waals surface area contributed by atoms with Gasteiger partial charge in [0.15, 0.2) is 6.23 Å². The standard InChI is InChI=1S/C13H18N3O7P/c1-6-3-8-4-16(7(2)15-12(8)14-6)13-11(18)10(17)9(23-13)5-22-24(19,20)21/h3-4,9-11,13,17-18H,2,5H2,1H3,(H,14,15)(H2,19,20,21). The number of fused-ring (bicyclic) bond motifs is 1. The molecule has 0 radical (unpaired) electrons. The minimum atomic E-state index is -4.70. The Hall–Kier alpha value is -1.52. The number of aryl methyl sites for hydroxylation is 1. The second-order valence-corrected chi connectivity index (χ2v) is 6.89. The third kappa shape index (κ3) is 3.31. The maximum absolute atomic E-state index is 10.8. The van der Waals surface area contributed by atoms with Crippen LogP contribution in [0.4, 0.5) is 0 Å². The van der Waals surface area contributed by atoms with Gasteiger partial charge in [-0.25, -0.2) is 9.56 Å². The molecular weight excluding hydrogens is 341 g/mol. The van der Waals surface area contributed by atoms with Crippen molar-refractivity contribution in [3.63, 3.8) is 0 Å². The normalized spacial score (nSPS) is 30.0. The first-order valence-electron chi connectivity index (χ1n) is 7.11. The smallest absolute Gasteiger partial charge is 0.387 e. The van der Waals surface area contributed by atoms with Gasteiger partial charge in [-0.1, -0.05) is 6.58 Å². The van der Waals surface area contributed by atoms with E-state index in [1.807, 2.05) is 13.0 Å². The molecule has 1 aromatic heterocycles. The van der Waals surface area contributed by atoms with E-state index in [2.05, 4.69) is 21.1 Å². The molecule has 1 fully saturated rings. The first-order chi connectivity index (χ1) is 11.2. The fraction of sp³-hybridized carbons (Fsp3) is 0.462. The van der Waals surface area contributed by atoms with Gasteiger partial charge in [0.1, 0.15) is 29.6 Å². The van der Waals surface area contributed by atoms with Crippen molar-refractivity contribution < 1.29 is 33.8 Å². The van der Waals surface area contributed by atoms with Crippen molar-refractivity contribution >= 4 is 14.0 Å². The second kappa shape index (κ2) is 6.08. The van der Waals surface area contributed by atoms with E-state index >= 15 is 0 Å². The van der Waals surface area contributed by atoms with Gasteiger partial charge in [0.2, 0.25) is 0 Å². The molecule has 0 bridgehead atoms. The van der Waals surface area contributed by atoms with Gasteiger partial charge in [-0.3, -0.25) is 4.52 Å². The molecule has 0 spiro atoms. The average Bonchev–Trinajstić information content (AvgIpc) is 2.96. The van der Waals surface area contributed by atoms with Crippen molar-refractivity contribution in [3.8, 4) is 0 Å².